The summed E-state index contributed by atoms with van der Waals surface area (Å²) in [6.07, 6.45) is 1.61. The van der Waals surface area contributed by atoms with E-state index in [-0.39, 0.29) is 12.5 Å². The Morgan fingerprint density at radius 1 is 0.968 bits per heavy atom. The number of amides is 1. The zero-order valence-electron chi connectivity index (χ0n) is 17.5. The molecule has 31 heavy (non-hydrogen) atoms. The van der Waals surface area contributed by atoms with E-state index in [9.17, 15) is 4.79 Å². The van der Waals surface area contributed by atoms with E-state index >= 15 is 0 Å². The number of ether oxygens (including phenoxy) is 3. The molecule has 3 heterocycles. The van der Waals surface area contributed by atoms with E-state index in [0.717, 1.165) is 5.82 Å². The Morgan fingerprint density at radius 3 is 2.26 bits per heavy atom. The van der Waals surface area contributed by atoms with Gasteiger partial charge in [-0.15, -0.1) is 10.2 Å². The van der Waals surface area contributed by atoms with Crippen molar-refractivity contribution in [1.29, 1.82) is 0 Å². The standard InChI is InChI=1S/C22H24N4O5/c1-28-16-12-17(29-2)14-18(13-16)31-15-22(27)26-9-7-25(8-10-26)21-6-5-19(23-24-21)20-4-3-11-30-20/h3-6,11-14H,7-10,15H2,1-2H3. The molecule has 162 valence electrons. The van der Waals surface area contributed by atoms with Crippen LogP contribution in [0.25, 0.3) is 11.5 Å². The number of furan rings is 1. The first-order valence-corrected chi connectivity index (χ1v) is 9.92. The van der Waals surface area contributed by atoms with E-state index in [0.29, 0.717) is 54.9 Å². The second-order valence-corrected chi connectivity index (χ2v) is 6.96. The maximum absolute atomic E-state index is 12.6. The lowest BCUT2D eigenvalue weighted by molar-refractivity contribution is -0.133. The van der Waals surface area contributed by atoms with Crippen LogP contribution in [0.5, 0.6) is 17.2 Å². The molecule has 2 aromatic heterocycles. The number of carbonyl (C=O) groups is 1. The molecule has 9 nitrogen and oxygen atoms in total. The summed E-state index contributed by atoms with van der Waals surface area (Å²) in [4.78, 5) is 16.5. The molecule has 0 saturated carbocycles. The lowest BCUT2D eigenvalue weighted by Gasteiger charge is -2.35. The Hall–Kier alpha value is -3.75. The van der Waals surface area contributed by atoms with Gasteiger partial charge in [0, 0.05) is 44.4 Å². The Balaban J connectivity index is 1.29. The zero-order valence-corrected chi connectivity index (χ0v) is 17.5. The van der Waals surface area contributed by atoms with Gasteiger partial charge in [-0.3, -0.25) is 4.79 Å². The summed E-state index contributed by atoms with van der Waals surface area (Å²) in [5.74, 6) is 3.13. The SMILES string of the molecule is COc1cc(OC)cc(OCC(=O)N2CCN(c3ccc(-c4ccco4)nn3)CC2)c1. The highest BCUT2D eigenvalue weighted by Gasteiger charge is 2.22. The second-order valence-electron chi connectivity index (χ2n) is 6.96. The third kappa shape index (κ3) is 4.88. The fourth-order valence-electron chi connectivity index (χ4n) is 3.34. The van der Waals surface area contributed by atoms with Crippen molar-refractivity contribution in [2.24, 2.45) is 0 Å². The van der Waals surface area contributed by atoms with Crippen molar-refractivity contribution in [2.45, 2.75) is 0 Å². The summed E-state index contributed by atoms with van der Waals surface area (Å²) >= 11 is 0. The van der Waals surface area contributed by atoms with E-state index in [1.54, 1.807) is 43.6 Å². The Bertz CT molecular complexity index is 977. The first-order chi connectivity index (χ1) is 15.2. The van der Waals surface area contributed by atoms with Gasteiger partial charge in [0.1, 0.15) is 22.9 Å². The Labute approximate surface area is 180 Å². The highest BCUT2D eigenvalue weighted by molar-refractivity contribution is 5.78. The fraction of sp³-hybridized carbons (Fsp3) is 0.318. The van der Waals surface area contributed by atoms with Crippen LogP contribution in [-0.2, 0) is 4.79 Å². The van der Waals surface area contributed by atoms with Crippen LogP contribution in [0, 0.1) is 0 Å². The number of piperazine rings is 1. The maximum atomic E-state index is 12.6. The summed E-state index contributed by atoms with van der Waals surface area (Å²) in [6, 6.07) is 12.7. The first kappa shape index (κ1) is 20.5. The van der Waals surface area contributed by atoms with Crippen molar-refractivity contribution >= 4 is 11.7 Å². The number of rotatable bonds is 7. The number of benzene rings is 1. The largest absolute Gasteiger partial charge is 0.496 e. The molecular formula is C22H24N4O5. The third-order valence-corrected chi connectivity index (χ3v) is 5.07. The molecule has 4 rings (SSSR count). The smallest absolute Gasteiger partial charge is 0.260 e. The van der Waals surface area contributed by atoms with Crippen molar-refractivity contribution < 1.29 is 23.4 Å². The minimum Gasteiger partial charge on any atom is -0.496 e. The van der Waals surface area contributed by atoms with Crippen molar-refractivity contribution in [3.05, 3.63) is 48.7 Å². The van der Waals surface area contributed by atoms with E-state index in [1.807, 2.05) is 24.3 Å². The molecule has 1 fully saturated rings. The number of methoxy groups -OCH3 is 2. The van der Waals surface area contributed by atoms with Gasteiger partial charge in [0.25, 0.3) is 5.91 Å². The highest BCUT2D eigenvalue weighted by Crippen LogP contribution is 2.27. The van der Waals surface area contributed by atoms with Crippen molar-refractivity contribution in [2.75, 3.05) is 51.9 Å². The molecule has 1 aliphatic rings. The minimum absolute atomic E-state index is 0.0476. The molecular weight excluding hydrogens is 400 g/mol. The van der Waals surface area contributed by atoms with Gasteiger partial charge < -0.3 is 28.4 Å². The van der Waals surface area contributed by atoms with Crippen LogP contribution in [0.4, 0.5) is 5.82 Å². The van der Waals surface area contributed by atoms with Gasteiger partial charge in [0.2, 0.25) is 0 Å². The molecule has 1 amide bonds. The van der Waals surface area contributed by atoms with E-state index in [2.05, 4.69) is 15.1 Å². The second kappa shape index (κ2) is 9.38. The molecule has 3 aromatic rings. The van der Waals surface area contributed by atoms with E-state index < -0.39 is 0 Å². The summed E-state index contributed by atoms with van der Waals surface area (Å²) < 4.78 is 21.5. The number of hydrogen-bond donors (Lipinski definition) is 0. The average Bonchev–Trinajstić information content (AvgIpc) is 3.37. The normalized spacial score (nSPS) is 13.7. The highest BCUT2D eigenvalue weighted by atomic mass is 16.5. The molecule has 0 unspecified atom stereocenters. The van der Waals surface area contributed by atoms with Crippen molar-refractivity contribution in [3.63, 3.8) is 0 Å². The van der Waals surface area contributed by atoms with Gasteiger partial charge in [-0.2, -0.15) is 0 Å². The van der Waals surface area contributed by atoms with Crippen LogP contribution in [0.15, 0.2) is 53.1 Å². The van der Waals surface area contributed by atoms with E-state index in [1.165, 1.54) is 0 Å². The molecule has 1 saturated heterocycles. The molecule has 1 aliphatic heterocycles. The van der Waals surface area contributed by atoms with Crippen molar-refractivity contribution in [3.8, 4) is 28.7 Å². The monoisotopic (exact) mass is 424 g/mol. The predicted molar refractivity (Wildman–Crippen MR) is 114 cm³/mol. The minimum atomic E-state index is -0.0688. The third-order valence-electron chi connectivity index (χ3n) is 5.07. The predicted octanol–water partition coefficient (Wildman–Crippen LogP) is 2.48. The van der Waals surface area contributed by atoms with Gasteiger partial charge in [0.05, 0.1) is 20.5 Å². The molecule has 9 heteroatoms. The molecule has 0 aliphatic carbocycles. The average molecular weight is 424 g/mol. The van der Waals surface area contributed by atoms with Crippen LogP contribution in [-0.4, -0.2) is 68.0 Å². The Kier molecular flexibility index (Phi) is 6.21. The maximum Gasteiger partial charge on any atom is 0.260 e. The summed E-state index contributed by atoms with van der Waals surface area (Å²) in [5.41, 5.74) is 0.689. The van der Waals surface area contributed by atoms with Gasteiger partial charge in [-0.25, -0.2) is 0 Å². The van der Waals surface area contributed by atoms with Crippen molar-refractivity contribution in [1.82, 2.24) is 15.1 Å². The van der Waals surface area contributed by atoms with Crippen LogP contribution < -0.4 is 19.1 Å². The summed E-state index contributed by atoms with van der Waals surface area (Å²) in [7, 11) is 3.14. The van der Waals surface area contributed by atoms with Gasteiger partial charge in [0.15, 0.2) is 18.2 Å². The number of hydrogen-bond acceptors (Lipinski definition) is 8. The van der Waals surface area contributed by atoms with Gasteiger partial charge in [-0.1, -0.05) is 0 Å². The summed E-state index contributed by atoms with van der Waals surface area (Å²) in [6.45, 7) is 2.48. The van der Waals surface area contributed by atoms with E-state index in [4.69, 9.17) is 18.6 Å². The van der Waals surface area contributed by atoms with Crippen LogP contribution in [0.3, 0.4) is 0 Å². The molecule has 0 atom stereocenters. The molecule has 0 radical (unpaired) electrons. The Morgan fingerprint density at radius 2 is 1.68 bits per heavy atom. The topological polar surface area (TPSA) is 90.2 Å². The van der Waals surface area contributed by atoms with Crippen LogP contribution >= 0.6 is 0 Å². The molecule has 0 N–H and O–H groups in total. The summed E-state index contributed by atoms with van der Waals surface area (Å²) in [5, 5.41) is 8.54. The lowest BCUT2D eigenvalue weighted by atomic mass is 10.2. The first-order valence-electron chi connectivity index (χ1n) is 9.92. The number of nitrogens with zero attached hydrogens (tertiary/aromatic N) is 4. The lowest BCUT2D eigenvalue weighted by Crippen LogP contribution is -2.50. The number of carbonyl (C=O) groups excluding carboxylic acids is 1. The fourth-order valence-corrected chi connectivity index (χ4v) is 3.34. The van der Waals surface area contributed by atoms with Gasteiger partial charge >= 0.3 is 0 Å². The number of anilines is 1. The number of aromatic nitrogens is 2. The van der Waals surface area contributed by atoms with Crippen LogP contribution in [0.2, 0.25) is 0 Å². The molecule has 1 aromatic carbocycles. The quantitative estimate of drug-likeness (QED) is 0.571. The van der Waals surface area contributed by atoms with Gasteiger partial charge in [-0.05, 0) is 24.3 Å². The van der Waals surface area contributed by atoms with Crippen LogP contribution in [0.1, 0.15) is 0 Å². The molecule has 0 bridgehead atoms. The zero-order chi connectivity index (χ0) is 21.6. The molecule has 0 spiro atoms.